The molecule has 5 nitrogen and oxygen atoms in total. The average molecular weight is 275 g/mol. The van der Waals surface area contributed by atoms with Gasteiger partial charge < -0.3 is 9.47 Å². The molecule has 0 bridgehead atoms. The molecule has 0 aliphatic carbocycles. The molecule has 1 rings (SSSR count). The number of methoxy groups -OCH3 is 2. The Kier molecular flexibility index (Phi) is 4.02. The van der Waals surface area contributed by atoms with Crippen LogP contribution in [0.2, 0.25) is 0 Å². The lowest BCUT2D eigenvalue weighted by Gasteiger charge is -2.08. The van der Waals surface area contributed by atoms with Gasteiger partial charge in [0.1, 0.15) is 10.3 Å². The second-order valence-corrected chi connectivity index (χ2v) is 3.65. The zero-order valence-electron chi connectivity index (χ0n) is 8.70. The second kappa shape index (κ2) is 5.06. The number of carbonyl (C=O) groups excluding carboxylic acids is 1. The molecule has 0 amide bonds. The van der Waals surface area contributed by atoms with Crippen molar-refractivity contribution in [3.63, 3.8) is 0 Å². The van der Waals surface area contributed by atoms with Gasteiger partial charge in [-0.25, -0.2) is 0 Å². The van der Waals surface area contributed by atoms with E-state index in [0.717, 1.165) is 0 Å². The molecule has 0 saturated carbocycles. The highest BCUT2D eigenvalue weighted by Gasteiger charge is 2.14. The van der Waals surface area contributed by atoms with Gasteiger partial charge in [-0.2, -0.15) is 9.97 Å². The van der Waals surface area contributed by atoms with E-state index in [2.05, 4.69) is 25.9 Å². The van der Waals surface area contributed by atoms with Gasteiger partial charge in [0.15, 0.2) is 0 Å². The number of rotatable bonds is 4. The van der Waals surface area contributed by atoms with E-state index >= 15 is 0 Å². The molecule has 0 aliphatic heterocycles. The van der Waals surface area contributed by atoms with E-state index in [1.54, 1.807) is 0 Å². The predicted molar refractivity (Wildman–Crippen MR) is 57.2 cm³/mol. The van der Waals surface area contributed by atoms with Crippen LogP contribution >= 0.6 is 15.9 Å². The lowest BCUT2D eigenvalue weighted by molar-refractivity contribution is -0.116. The Hall–Kier alpha value is -1.17. The van der Waals surface area contributed by atoms with E-state index < -0.39 is 0 Å². The van der Waals surface area contributed by atoms with Gasteiger partial charge >= 0.3 is 6.01 Å². The lowest BCUT2D eigenvalue weighted by atomic mass is 10.2. The van der Waals surface area contributed by atoms with Crippen molar-refractivity contribution < 1.29 is 14.3 Å². The maximum Gasteiger partial charge on any atom is 0.319 e. The Morgan fingerprint density at radius 2 is 2.00 bits per heavy atom. The van der Waals surface area contributed by atoms with Crippen LogP contribution < -0.4 is 9.47 Å². The molecule has 1 aromatic heterocycles. The minimum atomic E-state index is 0.0125. The van der Waals surface area contributed by atoms with Crippen LogP contribution in [0.3, 0.4) is 0 Å². The largest absolute Gasteiger partial charge is 0.480 e. The van der Waals surface area contributed by atoms with Gasteiger partial charge in [-0.3, -0.25) is 4.79 Å². The molecule has 0 N–H and O–H groups in total. The van der Waals surface area contributed by atoms with Gasteiger partial charge in [-0.05, 0) is 22.9 Å². The molecule has 82 valence electrons. The van der Waals surface area contributed by atoms with Crippen molar-refractivity contribution >= 4 is 21.7 Å². The van der Waals surface area contributed by atoms with Crippen molar-refractivity contribution in [2.24, 2.45) is 0 Å². The van der Waals surface area contributed by atoms with E-state index in [-0.39, 0.29) is 18.2 Å². The third kappa shape index (κ3) is 2.89. The summed E-state index contributed by atoms with van der Waals surface area (Å²) in [5.41, 5.74) is 0.561. The van der Waals surface area contributed by atoms with Crippen LogP contribution in [0.15, 0.2) is 4.47 Å². The van der Waals surface area contributed by atoms with Gasteiger partial charge in [0.05, 0.1) is 19.9 Å². The average Bonchev–Trinajstić information content (AvgIpc) is 2.20. The molecule has 0 fully saturated rings. The second-order valence-electron chi connectivity index (χ2n) is 2.86. The number of hydrogen-bond donors (Lipinski definition) is 0. The number of ketones is 1. The first-order valence-electron chi connectivity index (χ1n) is 4.22. The summed E-state index contributed by atoms with van der Waals surface area (Å²) in [4.78, 5) is 19.0. The summed E-state index contributed by atoms with van der Waals surface area (Å²) in [5.74, 6) is 0.372. The molecule has 0 aliphatic rings. The van der Waals surface area contributed by atoms with Crippen molar-refractivity contribution in [2.45, 2.75) is 13.3 Å². The topological polar surface area (TPSA) is 61.3 Å². The Bertz CT molecular complexity index is 382. The number of carbonyl (C=O) groups is 1. The summed E-state index contributed by atoms with van der Waals surface area (Å²) in [5, 5.41) is 0. The standard InChI is InChI=1S/C9H11BrN2O3/c1-5(13)4-6-7(10)8(14-2)12-9(11-6)15-3/h4H2,1-3H3. The molecule has 0 radical (unpaired) electrons. The minimum absolute atomic E-state index is 0.0125. The van der Waals surface area contributed by atoms with Crippen molar-refractivity contribution in [2.75, 3.05) is 14.2 Å². The van der Waals surface area contributed by atoms with Crippen molar-refractivity contribution in [3.05, 3.63) is 10.2 Å². The smallest absolute Gasteiger partial charge is 0.319 e. The van der Waals surface area contributed by atoms with Crippen LogP contribution in [0.5, 0.6) is 11.9 Å². The molecule has 1 heterocycles. The third-order valence-corrected chi connectivity index (χ3v) is 2.46. The predicted octanol–water partition coefficient (Wildman–Crippen LogP) is 1.39. The number of halogens is 1. The number of nitrogens with zero attached hydrogens (tertiary/aromatic N) is 2. The zero-order chi connectivity index (χ0) is 11.4. The number of hydrogen-bond acceptors (Lipinski definition) is 5. The fraction of sp³-hybridized carbons (Fsp3) is 0.444. The molecule has 6 heteroatoms. The quantitative estimate of drug-likeness (QED) is 0.830. The minimum Gasteiger partial charge on any atom is -0.480 e. The third-order valence-electron chi connectivity index (χ3n) is 1.66. The molecule has 1 aromatic rings. The van der Waals surface area contributed by atoms with E-state index in [0.29, 0.717) is 16.0 Å². The first kappa shape index (κ1) is 11.9. The van der Waals surface area contributed by atoms with Gasteiger partial charge in [-0.1, -0.05) is 0 Å². The van der Waals surface area contributed by atoms with Gasteiger partial charge in [-0.15, -0.1) is 0 Å². The summed E-state index contributed by atoms with van der Waals surface area (Å²) >= 11 is 3.28. The Morgan fingerprint density at radius 1 is 1.33 bits per heavy atom. The normalized spacial score (nSPS) is 9.87. The summed E-state index contributed by atoms with van der Waals surface area (Å²) in [6, 6.07) is 0.186. The molecule has 0 aromatic carbocycles. The summed E-state index contributed by atoms with van der Waals surface area (Å²) in [6.45, 7) is 1.49. The Labute approximate surface area is 96.0 Å². The maximum absolute atomic E-state index is 11.0. The van der Waals surface area contributed by atoms with Crippen LogP contribution in [-0.4, -0.2) is 30.0 Å². The first-order chi connectivity index (χ1) is 7.08. The SMILES string of the molecule is COc1nc(CC(C)=O)c(Br)c(OC)n1. The molecule has 0 unspecified atom stereocenters. The van der Waals surface area contributed by atoms with Gasteiger partial charge in [0.2, 0.25) is 5.88 Å². The summed E-state index contributed by atoms with van der Waals surface area (Å²) in [6.07, 6.45) is 0.218. The highest BCUT2D eigenvalue weighted by Crippen LogP contribution is 2.27. The van der Waals surface area contributed by atoms with E-state index in [1.807, 2.05) is 0 Å². The number of aromatic nitrogens is 2. The molecule has 0 saturated heterocycles. The summed E-state index contributed by atoms with van der Waals surface area (Å²) < 4.78 is 10.5. The van der Waals surface area contributed by atoms with Gasteiger partial charge in [0, 0.05) is 6.42 Å². The van der Waals surface area contributed by atoms with Crippen LogP contribution in [0, 0.1) is 0 Å². The van der Waals surface area contributed by atoms with Crippen LogP contribution in [0.25, 0.3) is 0 Å². The van der Waals surface area contributed by atoms with E-state index in [9.17, 15) is 4.79 Å². The van der Waals surface area contributed by atoms with Gasteiger partial charge in [0.25, 0.3) is 0 Å². The highest BCUT2D eigenvalue weighted by atomic mass is 79.9. The van der Waals surface area contributed by atoms with Crippen molar-refractivity contribution in [1.82, 2.24) is 9.97 Å². The number of ether oxygens (including phenoxy) is 2. The van der Waals surface area contributed by atoms with Crippen LogP contribution in [-0.2, 0) is 11.2 Å². The zero-order valence-corrected chi connectivity index (χ0v) is 10.3. The number of Topliss-reactive ketones (excluding diaryl/α,β-unsaturated/α-hetero) is 1. The van der Waals surface area contributed by atoms with E-state index in [1.165, 1.54) is 21.1 Å². The molecule has 0 atom stereocenters. The fourth-order valence-corrected chi connectivity index (χ4v) is 1.51. The lowest BCUT2D eigenvalue weighted by Crippen LogP contribution is -2.05. The molecular weight excluding hydrogens is 264 g/mol. The molecule has 0 spiro atoms. The van der Waals surface area contributed by atoms with Crippen LogP contribution in [0.4, 0.5) is 0 Å². The fourth-order valence-electron chi connectivity index (χ4n) is 1.03. The highest BCUT2D eigenvalue weighted by molar-refractivity contribution is 9.10. The van der Waals surface area contributed by atoms with Crippen LogP contribution in [0.1, 0.15) is 12.6 Å². The monoisotopic (exact) mass is 274 g/mol. The molecule has 15 heavy (non-hydrogen) atoms. The van der Waals surface area contributed by atoms with Crippen molar-refractivity contribution in [3.8, 4) is 11.9 Å². The molecular formula is C9H11BrN2O3. The Balaban J connectivity index is 3.17. The van der Waals surface area contributed by atoms with E-state index in [4.69, 9.17) is 9.47 Å². The van der Waals surface area contributed by atoms with Crippen molar-refractivity contribution in [1.29, 1.82) is 0 Å². The first-order valence-corrected chi connectivity index (χ1v) is 5.01. The Morgan fingerprint density at radius 3 is 2.47 bits per heavy atom. The maximum atomic E-state index is 11.0. The summed E-state index contributed by atoms with van der Waals surface area (Å²) in [7, 11) is 2.95.